The molecule has 0 amide bonds. The van der Waals surface area contributed by atoms with E-state index in [1.807, 2.05) is 0 Å². The first-order valence-electron chi connectivity index (χ1n) is 5.04. The maximum absolute atomic E-state index is 11.0. The number of ether oxygens (including phenoxy) is 4. The summed E-state index contributed by atoms with van der Waals surface area (Å²) >= 11 is 0. The zero-order valence-electron chi connectivity index (χ0n) is 10.6. The Labute approximate surface area is 104 Å². The molecule has 0 atom stereocenters. The van der Waals surface area contributed by atoms with Crippen LogP contribution in [0.2, 0.25) is 0 Å². The Morgan fingerprint density at radius 1 is 1.11 bits per heavy atom. The summed E-state index contributed by atoms with van der Waals surface area (Å²) in [5.74, 6) is 0.422. The SMILES string of the molecule is COc1cc(C(OC)OC)c(OC)c([N+](=O)[O-])c1. The molecular formula is C11H15NO6. The average Bonchev–Trinajstić information content (AvgIpc) is 2.38. The van der Waals surface area contributed by atoms with E-state index in [1.165, 1.54) is 34.5 Å². The molecule has 0 saturated carbocycles. The molecule has 0 saturated heterocycles. The lowest BCUT2D eigenvalue weighted by molar-refractivity contribution is -0.386. The summed E-state index contributed by atoms with van der Waals surface area (Å²) in [6.45, 7) is 0. The zero-order chi connectivity index (χ0) is 13.7. The van der Waals surface area contributed by atoms with E-state index in [4.69, 9.17) is 18.9 Å². The predicted octanol–water partition coefficient (Wildman–Crippen LogP) is 1.90. The number of methoxy groups -OCH3 is 4. The zero-order valence-corrected chi connectivity index (χ0v) is 10.6. The molecule has 0 aliphatic rings. The summed E-state index contributed by atoms with van der Waals surface area (Å²) in [6, 6.07) is 2.86. The molecule has 0 unspecified atom stereocenters. The van der Waals surface area contributed by atoms with Gasteiger partial charge in [0.2, 0.25) is 5.75 Å². The van der Waals surface area contributed by atoms with Crippen LogP contribution in [-0.4, -0.2) is 33.4 Å². The molecule has 7 heteroatoms. The molecule has 0 N–H and O–H groups in total. The fraction of sp³-hybridized carbons (Fsp3) is 0.455. The number of nitrogens with zero attached hydrogens (tertiary/aromatic N) is 1. The van der Waals surface area contributed by atoms with Crippen molar-refractivity contribution in [3.8, 4) is 11.5 Å². The first kappa shape index (κ1) is 14.2. The van der Waals surface area contributed by atoms with Crippen LogP contribution >= 0.6 is 0 Å². The normalized spacial score (nSPS) is 10.5. The third-order valence-electron chi connectivity index (χ3n) is 2.39. The standard InChI is InChI=1S/C11H15NO6/c1-15-7-5-8(11(17-3)18-4)10(16-2)9(6-7)12(13)14/h5-6,11H,1-4H3. The molecule has 0 bridgehead atoms. The minimum atomic E-state index is -0.770. The van der Waals surface area contributed by atoms with Crippen molar-refractivity contribution in [1.82, 2.24) is 0 Å². The van der Waals surface area contributed by atoms with E-state index in [0.29, 0.717) is 11.3 Å². The number of nitro groups is 1. The molecule has 0 radical (unpaired) electrons. The Bertz CT molecular complexity index is 430. The van der Waals surface area contributed by atoms with Crippen molar-refractivity contribution in [1.29, 1.82) is 0 Å². The maximum atomic E-state index is 11.0. The molecule has 0 aromatic heterocycles. The van der Waals surface area contributed by atoms with Gasteiger partial charge in [0.1, 0.15) is 5.75 Å². The lowest BCUT2D eigenvalue weighted by Crippen LogP contribution is -2.08. The molecule has 18 heavy (non-hydrogen) atoms. The van der Waals surface area contributed by atoms with Gasteiger partial charge in [-0.25, -0.2) is 0 Å². The van der Waals surface area contributed by atoms with Crippen LogP contribution in [0.1, 0.15) is 11.9 Å². The fourth-order valence-electron chi connectivity index (χ4n) is 1.61. The first-order valence-corrected chi connectivity index (χ1v) is 5.04. The van der Waals surface area contributed by atoms with Gasteiger partial charge in [0.25, 0.3) is 0 Å². The van der Waals surface area contributed by atoms with Gasteiger partial charge in [0.15, 0.2) is 6.29 Å². The van der Waals surface area contributed by atoms with Gasteiger partial charge in [-0.2, -0.15) is 0 Å². The minimum absolute atomic E-state index is 0.0921. The van der Waals surface area contributed by atoms with Crippen molar-refractivity contribution >= 4 is 5.69 Å². The van der Waals surface area contributed by atoms with Crippen LogP contribution < -0.4 is 9.47 Å². The van der Waals surface area contributed by atoms with Gasteiger partial charge in [-0.3, -0.25) is 10.1 Å². The Morgan fingerprint density at radius 2 is 1.72 bits per heavy atom. The molecular weight excluding hydrogens is 242 g/mol. The van der Waals surface area contributed by atoms with Gasteiger partial charge < -0.3 is 18.9 Å². The summed E-state index contributed by atoms with van der Waals surface area (Å²) in [6.07, 6.45) is -0.770. The molecule has 1 aromatic rings. The molecule has 100 valence electrons. The Morgan fingerprint density at radius 3 is 2.11 bits per heavy atom. The first-order chi connectivity index (χ1) is 8.58. The van der Waals surface area contributed by atoms with Crippen molar-refractivity contribution < 1.29 is 23.9 Å². The van der Waals surface area contributed by atoms with Crippen LogP contribution in [0.4, 0.5) is 5.69 Å². The third kappa shape index (κ3) is 2.69. The molecule has 7 nitrogen and oxygen atoms in total. The topological polar surface area (TPSA) is 80.1 Å². The van der Waals surface area contributed by atoms with Gasteiger partial charge in [-0.05, 0) is 6.07 Å². The summed E-state index contributed by atoms with van der Waals surface area (Å²) in [4.78, 5) is 10.4. The van der Waals surface area contributed by atoms with Crippen molar-refractivity contribution in [2.75, 3.05) is 28.4 Å². The van der Waals surface area contributed by atoms with E-state index in [0.717, 1.165) is 0 Å². The third-order valence-corrected chi connectivity index (χ3v) is 2.39. The summed E-state index contributed by atoms with van der Waals surface area (Å²) in [5.41, 5.74) is 0.194. The Kier molecular flexibility index (Phi) is 4.87. The molecule has 0 heterocycles. The fourth-order valence-corrected chi connectivity index (χ4v) is 1.61. The largest absolute Gasteiger partial charge is 0.496 e. The molecule has 0 fully saturated rings. The van der Waals surface area contributed by atoms with Crippen molar-refractivity contribution in [3.63, 3.8) is 0 Å². The highest BCUT2D eigenvalue weighted by atomic mass is 16.7. The van der Waals surface area contributed by atoms with Crippen LogP contribution in [0.15, 0.2) is 12.1 Å². The highest BCUT2D eigenvalue weighted by Crippen LogP contribution is 2.39. The molecule has 0 aliphatic heterocycles. The number of benzene rings is 1. The van der Waals surface area contributed by atoms with Crippen molar-refractivity contribution in [2.24, 2.45) is 0 Å². The van der Waals surface area contributed by atoms with Crippen LogP contribution in [0.5, 0.6) is 11.5 Å². The minimum Gasteiger partial charge on any atom is -0.496 e. The second kappa shape index (κ2) is 6.18. The van der Waals surface area contributed by atoms with E-state index in [-0.39, 0.29) is 11.4 Å². The average molecular weight is 257 g/mol. The molecule has 0 aliphatic carbocycles. The highest BCUT2D eigenvalue weighted by molar-refractivity contribution is 5.56. The Hall–Kier alpha value is -1.86. The second-order valence-electron chi connectivity index (χ2n) is 3.33. The Balaban J connectivity index is 3.46. The van der Waals surface area contributed by atoms with E-state index >= 15 is 0 Å². The van der Waals surface area contributed by atoms with E-state index in [2.05, 4.69) is 0 Å². The lowest BCUT2D eigenvalue weighted by Gasteiger charge is -2.17. The van der Waals surface area contributed by atoms with Gasteiger partial charge in [0, 0.05) is 14.2 Å². The van der Waals surface area contributed by atoms with Crippen LogP contribution in [-0.2, 0) is 9.47 Å². The molecule has 1 rings (SSSR count). The highest BCUT2D eigenvalue weighted by Gasteiger charge is 2.26. The smallest absolute Gasteiger partial charge is 0.315 e. The number of hydrogen-bond acceptors (Lipinski definition) is 6. The number of rotatable bonds is 6. The lowest BCUT2D eigenvalue weighted by atomic mass is 10.1. The van der Waals surface area contributed by atoms with Gasteiger partial charge in [-0.1, -0.05) is 0 Å². The van der Waals surface area contributed by atoms with Gasteiger partial charge >= 0.3 is 5.69 Å². The predicted molar refractivity (Wildman–Crippen MR) is 63.0 cm³/mol. The van der Waals surface area contributed by atoms with Crippen LogP contribution in [0.3, 0.4) is 0 Å². The monoisotopic (exact) mass is 257 g/mol. The second-order valence-corrected chi connectivity index (χ2v) is 3.33. The van der Waals surface area contributed by atoms with Crippen molar-refractivity contribution in [2.45, 2.75) is 6.29 Å². The van der Waals surface area contributed by atoms with Gasteiger partial charge in [-0.15, -0.1) is 0 Å². The number of nitro benzene ring substituents is 1. The van der Waals surface area contributed by atoms with E-state index in [1.54, 1.807) is 6.07 Å². The molecule has 0 spiro atoms. The van der Waals surface area contributed by atoms with Crippen molar-refractivity contribution in [3.05, 3.63) is 27.8 Å². The summed E-state index contributed by atoms with van der Waals surface area (Å²) in [5, 5.41) is 11.0. The molecule has 1 aromatic carbocycles. The maximum Gasteiger partial charge on any atom is 0.315 e. The van der Waals surface area contributed by atoms with Gasteiger partial charge in [0.05, 0.1) is 30.8 Å². The van der Waals surface area contributed by atoms with Crippen LogP contribution in [0, 0.1) is 10.1 Å². The van der Waals surface area contributed by atoms with E-state index < -0.39 is 11.2 Å². The van der Waals surface area contributed by atoms with E-state index in [9.17, 15) is 10.1 Å². The quantitative estimate of drug-likeness (QED) is 0.440. The number of hydrogen-bond donors (Lipinski definition) is 0. The summed E-state index contributed by atoms with van der Waals surface area (Å²) < 4.78 is 20.2. The van der Waals surface area contributed by atoms with Crippen LogP contribution in [0.25, 0.3) is 0 Å². The summed E-state index contributed by atoms with van der Waals surface area (Å²) in [7, 11) is 5.63.